The van der Waals surface area contributed by atoms with Gasteiger partial charge < -0.3 is 5.32 Å². The molecule has 1 aromatic rings. The maximum atomic E-state index is 12.0. The van der Waals surface area contributed by atoms with Crippen LogP contribution in [0.1, 0.15) is 16.8 Å². The van der Waals surface area contributed by atoms with Crippen LogP contribution in [0.2, 0.25) is 5.02 Å². The first-order chi connectivity index (χ1) is 8.54. The third-order valence-corrected chi connectivity index (χ3v) is 2.92. The minimum absolute atomic E-state index is 0.0351. The van der Waals surface area contributed by atoms with Crippen LogP contribution in [-0.4, -0.2) is 43.8 Å². The molecule has 0 heterocycles. The number of Topliss-reactive ketones (excluding diaryl/α,β-unsaturated/α-hetero) is 1. The number of nitrogens with one attached hydrogen (secondary N) is 1. The van der Waals surface area contributed by atoms with Gasteiger partial charge in [0.15, 0.2) is 5.78 Å². The number of nitrogens with zero attached hydrogens (tertiary/aromatic N) is 1. The number of rotatable bonds is 6. The highest BCUT2D eigenvalue weighted by Gasteiger charge is 2.12. The van der Waals surface area contributed by atoms with Gasteiger partial charge in [0.2, 0.25) is 5.91 Å². The van der Waals surface area contributed by atoms with Crippen molar-refractivity contribution in [1.29, 1.82) is 0 Å². The van der Waals surface area contributed by atoms with Crippen molar-refractivity contribution < 1.29 is 9.59 Å². The van der Waals surface area contributed by atoms with Gasteiger partial charge in [-0.2, -0.15) is 0 Å². The van der Waals surface area contributed by atoms with Gasteiger partial charge in [0.05, 0.1) is 11.6 Å². The van der Waals surface area contributed by atoms with Gasteiger partial charge in [-0.3, -0.25) is 14.5 Å². The first-order valence-electron chi connectivity index (χ1n) is 5.71. The molecular weight excluding hydrogens is 252 g/mol. The lowest BCUT2D eigenvalue weighted by molar-refractivity contribution is -0.120. The zero-order valence-electron chi connectivity index (χ0n) is 10.6. The fourth-order valence-electron chi connectivity index (χ4n) is 1.51. The van der Waals surface area contributed by atoms with Crippen molar-refractivity contribution in [3.8, 4) is 0 Å². The number of halogens is 1. The fraction of sp³-hybridized carbons (Fsp3) is 0.385. The molecule has 0 saturated carbocycles. The van der Waals surface area contributed by atoms with Crippen LogP contribution < -0.4 is 5.32 Å². The smallest absolute Gasteiger partial charge is 0.221 e. The summed E-state index contributed by atoms with van der Waals surface area (Å²) in [7, 11) is 3.40. The van der Waals surface area contributed by atoms with Crippen LogP contribution in [0.3, 0.4) is 0 Å². The third-order valence-electron chi connectivity index (χ3n) is 2.59. The molecule has 1 rings (SSSR count). The van der Waals surface area contributed by atoms with Gasteiger partial charge in [-0.05, 0) is 19.2 Å². The van der Waals surface area contributed by atoms with Crippen molar-refractivity contribution in [2.75, 3.05) is 27.2 Å². The topological polar surface area (TPSA) is 49.4 Å². The Morgan fingerprint density at radius 1 is 1.33 bits per heavy atom. The highest BCUT2D eigenvalue weighted by atomic mass is 35.5. The molecule has 0 aliphatic carbocycles. The van der Waals surface area contributed by atoms with Gasteiger partial charge in [-0.15, -0.1) is 0 Å². The maximum absolute atomic E-state index is 12.0. The largest absolute Gasteiger partial charge is 0.359 e. The molecule has 0 radical (unpaired) electrons. The molecule has 4 nitrogen and oxygen atoms in total. The molecule has 0 atom stereocenters. The molecule has 0 aliphatic heterocycles. The Labute approximate surface area is 112 Å². The van der Waals surface area contributed by atoms with Crippen LogP contribution in [0.25, 0.3) is 0 Å². The molecule has 0 bridgehead atoms. The van der Waals surface area contributed by atoms with E-state index in [1.807, 2.05) is 0 Å². The normalized spacial score (nSPS) is 10.4. The summed E-state index contributed by atoms with van der Waals surface area (Å²) in [5, 5.41) is 3.00. The molecule has 0 unspecified atom stereocenters. The van der Waals surface area contributed by atoms with Crippen LogP contribution in [-0.2, 0) is 4.79 Å². The van der Waals surface area contributed by atoms with E-state index in [4.69, 9.17) is 11.6 Å². The summed E-state index contributed by atoms with van der Waals surface area (Å²) >= 11 is 5.95. The average Bonchev–Trinajstić information content (AvgIpc) is 2.36. The zero-order chi connectivity index (χ0) is 13.5. The minimum Gasteiger partial charge on any atom is -0.359 e. The molecule has 1 amide bonds. The summed E-state index contributed by atoms with van der Waals surface area (Å²) in [6, 6.07) is 6.97. The van der Waals surface area contributed by atoms with E-state index in [1.54, 1.807) is 43.3 Å². The maximum Gasteiger partial charge on any atom is 0.221 e. The summed E-state index contributed by atoms with van der Waals surface area (Å²) in [6.07, 6.45) is 0.378. The van der Waals surface area contributed by atoms with Crippen LogP contribution in [0, 0.1) is 0 Å². The van der Waals surface area contributed by atoms with E-state index in [-0.39, 0.29) is 18.2 Å². The van der Waals surface area contributed by atoms with Crippen molar-refractivity contribution in [2.24, 2.45) is 0 Å². The van der Waals surface area contributed by atoms with Crippen LogP contribution >= 0.6 is 11.6 Å². The second kappa shape index (κ2) is 7.13. The molecular formula is C13H17ClN2O2. The van der Waals surface area contributed by atoms with Crippen molar-refractivity contribution in [3.05, 3.63) is 34.9 Å². The first kappa shape index (κ1) is 14.7. The predicted molar refractivity (Wildman–Crippen MR) is 72.0 cm³/mol. The number of ketones is 1. The second-order valence-corrected chi connectivity index (χ2v) is 4.47. The van der Waals surface area contributed by atoms with Crippen molar-refractivity contribution in [3.63, 3.8) is 0 Å². The van der Waals surface area contributed by atoms with Crippen molar-refractivity contribution in [2.45, 2.75) is 6.42 Å². The number of likely N-dealkylation sites (N-methyl/N-ethyl adjacent to an activating group) is 1. The number of amides is 1. The van der Waals surface area contributed by atoms with E-state index >= 15 is 0 Å². The predicted octanol–water partition coefficient (Wildman–Crippen LogP) is 1.59. The number of benzene rings is 1. The molecule has 0 spiro atoms. The van der Waals surface area contributed by atoms with E-state index in [9.17, 15) is 9.59 Å². The van der Waals surface area contributed by atoms with E-state index in [1.165, 1.54) is 0 Å². The molecule has 0 fully saturated rings. The number of carbonyl (C=O) groups is 2. The standard InChI is InChI=1S/C13H17ClN2O2/c1-15-13(18)7-8-16(2)9-12(17)10-5-3-4-6-11(10)14/h3-6H,7-9H2,1-2H3,(H,15,18). The lowest BCUT2D eigenvalue weighted by Gasteiger charge is -2.15. The minimum atomic E-state index is -0.0417. The molecule has 5 heteroatoms. The lowest BCUT2D eigenvalue weighted by Crippen LogP contribution is -2.30. The van der Waals surface area contributed by atoms with Crippen LogP contribution in [0.5, 0.6) is 0 Å². The van der Waals surface area contributed by atoms with Gasteiger partial charge in [0, 0.05) is 25.6 Å². The average molecular weight is 269 g/mol. The monoisotopic (exact) mass is 268 g/mol. The summed E-state index contributed by atoms with van der Waals surface area (Å²) in [5.74, 6) is -0.0768. The van der Waals surface area contributed by atoms with Crippen molar-refractivity contribution in [1.82, 2.24) is 10.2 Å². The van der Waals surface area contributed by atoms with E-state index < -0.39 is 0 Å². The molecule has 0 saturated heterocycles. The van der Waals surface area contributed by atoms with Gasteiger partial charge >= 0.3 is 0 Å². The Bertz CT molecular complexity index is 435. The number of carbonyl (C=O) groups excluding carboxylic acids is 2. The van der Waals surface area contributed by atoms with Gasteiger partial charge in [-0.1, -0.05) is 23.7 Å². The second-order valence-electron chi connectivity index (χ2n) is 4.06. The lowest BCUT2D eigenvalue weighted by atomic mass is 10.1. The number of hydrogen-bond donors (Lipinski definition) is 1. The fourth-order valence-corrected chi connectivity index (χ4v) is 1.76. The molecule has 1 aromatic carbocycles. The van der Waals surface area contributed by atoms with Crippen molar-refractivity contribution >= 4 is 23.3 Å². The molecule has 0 aliphatic rings. The Morgan fingerprint density at radius 3 is 2.61 bits per heavy atom. The Hall–Kier alpha value is -1.39. The van der Waals surface area contributed by atoms with Gasteiger partial charge in [-0.25, -0.2) is 0 Å². The third kappa shape index (κ3) is 4.47. The van der Waals surface area contributed by atoms with E-state index in [2.05, 4.69) is 5.32 Å². The summed E-state index contributed by atoms with van der Waals surface area (Å²) in [4.78, 5) is 24.9. The Balaban J connectivity index is 2.50. The Morgan fingerprint density at radius 2 is 2.00 bits per heavy atom. The van der Waals surface area contributed by atoms with Gasteiger partial charge in [0.1, 0.15) is 0 Å². The highest BCUT2D eigenvalue weighted by molar-refractivity contribution is 6.34. The first-order valence-corrected chi connectivity index (χ1v) is 6.09. The summed E-state index contributed by atoms with van der Waals surface area (Å²) in [6.45, 7) is 0.788. The van der Waals surface area contributed by atoms with E-state index in [0.717, 1.165) is 0 Å². The molecule has 0 aromatic heterocycles. The quantitative estimate of drug-likeness (QED) is 0.797. The Kier molecular flexibility index (Phi) is 5.82. The van der Waals surface area contributed by atoms with Gasteiger partial charge in [0.25, 0.3) is 0 Å². The summed E-state index contributed by atoms with van der Waals surface area (Å²) < 4.78 is 0. The molecule has 1 N–H and O–H groups in total. The zero-order valence-corrected chi connectivity index (χ0v) is 11.3. The highest BCUT2D eigenvalue weighted by Crippen LogP contribution is 2.15. The molecule has 98 valence electrons. The SMILES string of the molecule is CNC(=O)CCN(C)CC(=O)c1ccccc1Cl. The van der Waals surface area contributed by atoms with Crippen LogP contribution in [0.15, 0.2) is 24.3 Å². The summed E-state index contributed by atoms with van der Waals surface area (Å²) in [5.41, 5.74) is 0.519. The van der Waals surface area contributed by atoms with Crippen LogP contribution in [0.4, 0.5) is 0 Å². The molecule has 18 heavy (non-hydrogen) atoms. The number of hydrogen-bond acceptors (Lipinski definition) is 3. The van der Waals surface area contributed by atoms with E-state index in [0.29, 0.717) is 23.6 Å².